The standard InChI is InChI=1S/C26H26ClN5O/c1-18-20(16-19-6-2-3-7-22(19)27)26(31-12-10-30(11-13-31)14-15-33)32-24-9-5-4-8-23(24)29-25(32)21(18)17-28/h2-9,33H,10-16H2,1H3/p+1. The van der Waals surface area contributed by atoms with Gasteiger partial charge in [0.1, 0.15) is 22.7 Å². The average Bonchev–Trinajstić information content (AvgIpc) is 3.21. The number of pyridine rings is 1. The number of aliphatic hydroxyl groups excluding tert-OH is 1. The number of nitriles is 1. The minimum absolute atomic E-state index is 0.176. The number of rotatable bonds is 5. The molecule has 0 bridgehead atoms. The lowest BCUT2D eigenvalue weighted by molar-refractivity contribution is -0.468. The third-order valence-electron chi connectivity index (χ3n) is 6.69. The summed E-state index contributed by atoms with van der Waals surface area (Å²) in [5.41, 5.74) is 6.70. The number of fused-ring (bicyclic) bond motifs is 3. The van der Waals surface area contributed by atoms with E-state index >= 15 is 0 Å². The number of nitrogens with one attached hydrogen (secondary N) is 1. The predicted octanol–water partition coefficient (Wildman–Crippen LogP) is 3.45. The van der Waals surface area contributed by atoms with Crippen molar-refractivity contribution < 1.29 is 9.51 Å². The van der Waals surface area contributed by atoms with Gasteiger partial charge in [-0.15, -0.1) is 0 Å². The molecule has 3 heterocycles. The number of H-pyrrole nitrogens is 1. The maximum Gasteiger partial charge on any atom is 0.250 e. The molecular formula is C26H27ClN5O+. The molecule has 5 rings (SSSR count). The van der Waals surface area contributed by atoms with Crippen LogP contribution in [0.4, 0.5) is 5.82 Å². The number of imidazole rings is 1. The quantitative estimate of drug-likeness (QED) is 0.447. The van der Waals surface area contributed by atoms with Crippen molar-refractivity contribution in [3.05, 3.63) is 75.8 Å². The van der Waals surface area contributed by atoms with Crippen LogP contribution in [0, 0.1) is 18.3 Å². The van der Waals surface area contributed by atoms with E-state index in [4.69, 9.17) is 11.6 Å². The largest absolute Gasteiger partial charge is 0.395 e. The molecule has 0 unspecified atom stereocenters. The fourth-order valence-electron chi connectivity index (χ4n) is 4.94. The second kappa shape index (κ2) is 9.03. The average molecular weight is 461 g/mol. The van der Waals surface area contributed by atoms with Crippen LogP contribution >= 0.6 is 11.6 Å². The lowest BCUT2D eigenvalue weighted by Crippen LogP contribution is -2.50. The molecule has 0 atom stereocenters. The molecule has 0 spiro atoms. The highest BCUT2D eigenvalue weighted by Gasteiger charge is 2.31. The van der Waals surface area contributed by atoms with E-state index in [0.717, 1.165) is 70.4 Å². The number of aromatic amines is 1. The summed E-state index contributed by atoms with van der Waals surface area (Å²) < 4.78 is 2.22. The number of aliphatic hydroxyl groups is 1. The first-order chi connectivity index (χ1) is 16.1. The van der Waals surface area contributed by atoms with E-state index in [9.17, 15) is 10.4 Å². The van der Waals surface area contributed by atoms with E-state index in [1.165, 1.54) is 0 Å². The third kappa shape index (κ3) is 3.83. The molecule has 4 aromatic rings. The topological polar surface area (TPSA) is 70.4 Å². The van der Waals surface area contributed by atoms with Crippen LogP contribution in [0.2, 0.25) is 5.02 Å². The Morgan fingerprint density at radius 2 is 1.82 bits per heavy atom. The van der Waals surface area contributed by atoms with E-state index in [1.54, 1.807) is 0 Å². The molecule has 0 amide bonds. The van der Waals surface area contributed by atoms with Crippen molar-refractivity contribution in [2.24, 2.45) is 0 Å². The monoisotopic (exact) mass is 460 g/mol. The van der Waals surface area contributed by atoms with Crippen molar-refractivity contribution in [3.63, 3.8) is 0 Å². The van der Waals surface area contributed by atoms with Gasteiger partial charge in [0.05, 0.1) is 19.7 Å². The maximum absolute atomic E-state index is 10.1. The van der Waals surface area contributed by atoms with E-state index < -0.39 is 0 Å². The number of nitrogens with zero attached hydrogens (tertiary/aromatic N) is 4. The minimum Gasteiger partial charge on any atom is -0.395 e. The van der Waals surface area contributed by atoms with Crippen molar-refractivity contribution in [1.29, 1.82) is 5.26 Å². The van der Waals surface area contributed by atoms with Gasteiger partial charge in [0.25, 0.3) is 0 Å². The van der Waals surface area contributed by atoms with Crippen molar-refractivity contribution in [1.82, 2.24) is 9.88 Å². The summed E-state index contributed by atoms with van der Waals surface area (Å²) in [6, 6.07) is 18.6. The zero-order chi connectivity index (χ0) is 22.9. The van der Waals surface area contributed by atoms with Gasteiger partial charge in [-0.05, 0) is 36.2 Å². The van der Waals surface area contributed by atoms with Crippen LogP contribution < -0.4 is 9.30 Å². The highest BCUT2D eigenvalue weighted by atomic mass is 35.5. The fourth-order valence-corrected chi connectivity index (χ4v) is 5.14. The molecule has 1 saturated heterocycles. The molecule has 33 heavy (non-hydrogen) atoms. The Morgan fingerprint density at radius 3 is 2.55 bits per heavy atom. The second-order valence-corrected chi connectivity index (χ2v) is 8.97. The number of hydrogen-bond acceptors (Lipinski definition) is 4. The molecule has 168 valence electrons. The van der Waals surface area contributed by atoms with Crippen LogP contribution in [0.5, 0.6) is 0 Å². The number of piperazine rings is 1. The molecule has 0 saturated carbocycles. The number of anilines is 1. The molecule has 6 nitrogen and oxygen atoms in total. The van der Waals surface area contributed by atoms with Crippen molar-refractivity contribution >= 4 is 34.1 Å². The fraction of sp³-hybridized carbons (Fsp3) is 0.308. The molecule has 2 aromatic heterocycles. The lowest BCUT2D eigenvalue weighted by atomic mass is 9.97. The van der Waals surface area contributed by atoms with Gasteiger partial charge < -0.3 is 5.11 Å². The lowest BCUT2D eigenvalue weighted by Gasteiger charge is -2.33. The Kier molecular flexibility index (Phi) is 5.94. The van der Waals surface area contributed by atoms with Crippen molar-refractivity contribution in [2.45, 2.75) is 13.3 Å². The van der Waals surface area contributed by atoms with Crippen molar-refractivity contribution in [3.8, 4) is 6.07 Å². The van der Waals surface area contributed by atoms with Gasteiger partial charge in [-0.25, -0.2) is 0 Å². The number of aromatic nitrogens is 2. The number of para-hydroxylation sites is 2. The van der Waals surface area contributed by atoms with Crippen LogP contribution in [-0.2, 0) is 6.42 Å². The molecule has 1 aliphatic heterocycles. The number of β-amino-alcohol motifs (C(OH)–C–C–N with tert-alkyl or cyclic N) is 1. The van der Waals surface area contributed by atoms with Gasteiger partial charge in [-0.1, -0.05) is 41.9 Å². The van der Waals surface area contributed by atoms with Crippen LogP contribution in [-0.4, -0.2) is 54.3 Å². The summed E-state index contributed by atoms with van der Waals surface area (Å²) in [7, 11) is 0. The second-order valence-electron chi connectivity index (χ2n) is 8.56. The summed E-state index contributed by atoms with van der Waals surface area (Å²) >= 11 is 6.56. The molecule has 2 N–H and O–H groups in total. The Balaban J connectivity index is 1.76. The number of benzene rings is 2. The first-order valence-corrected chi connectivity index (χ1v) is 11.7. The third-order valence-corrected chi connectivity index (χ3v) is 7.06. The van der Waals surface area contributed by atoms with E-state index in [0.29, 0.717) is 18.5 Å². The van der Waals surface area contributed by atoms with Crippen LogP contribution in [0.15, 0.2) is 48.5 Å². The Bertz CT molecular complexity index is 1360. The van der Waals surface area contributed by atoms with Crippen LogP contribution in [0.25, 0.3) is 16.7 Å². The molecule has 7 heteroatoms. The summed E-state index contributed by atoms with van der Waals surface area (Å²) in [6.07, 6.45) is 0.648. The summed E-state index contributed by atoms with van der Waals surface area (Å²) in [5.74, 6) is 1.11. The minimum atomic E-state index is 0.176. The zero-order valence-corrected chi connectivity index (χ0v) is 19.4. The number of hydrogen-bond donors (Lipinski definition) is 2. The van der Waals surface area contributed by atoms with E-state index in [1.807, 2.05) is 37.3 Å². The Morgan fingerprint density at radius 1 is 1.09 bits per heavy atom. The van der Waals surface area contributed by atoms with Gasteiger partial charge in [0, 0.05) is 36.6 Å². The highest BCUT2D eigenvalue weighted by Crippen LogP contribution is 2.31. The molecule has 1 aliphatic rings. The normalized spacial score (nSPS) is 14.8. The first kappa shape index (κ1) is 21.7. The molecule has 0 aliphatic carbocycles. The van der Waals surface area contributed by atoms with E-state index in [-0.39, 0.29) is 6.61 Å². The number of halogens is 1. The molecular weight excluding hydrogens is 434 g/mol. The van der Waals surface area contributed by atoms with Gasteiger partial charge in [-0.2, -0.15) is 9.66 Å². The van der Waals surface area contributed by atoms with E-state index in [2.05, 4.69) is 43.5 Å². The zero-order valence-electron chi connectivity index (χ0n) is 18.7. The van der Waals surface area contributed by atoms with Gasteiger partial charge in [0.2, 0.25) is 11.5 Å². The molecule has 0 radical (unpaired) electrons. The Labute approximate surface area is 198 Å². The first-order valence-electron chi connectivity index (χ1n) is 11.3. The van der Waals surface area contributed by atoms with Crippen LogP contribution in [0.3, 0.4) is 0 Å². The predicted molar refractivity (Wildman–Crippen MR) is 131 cm³/mol. The summed E-state index contributed by atoms with van der Waals surface area (Å²) in [5, 5.41) is 20.2. The van der Waals surface area contributed by atoms with Gasteiger partial charge in [-0.3, -0.25) is 14.8 Å². The van der Waals surface area contributed by atoms with Crippen molar-refractivity contribution in [2.75, 3.05) is 44.2 Å². The molecule has 2 aromatic carbocycles. The summed E-state index contributed by atoms with van der Waals surface area (Å²) in [4.78, 5) is 8.20. The SMILES string of the molecule is Cc1c(Cc2ccccc2Cl)c(N2CCN(CCO)CC2)[n+]2c([nH]c3ccccc32)c1C#N. The van der Waals surface area contributed by atoms with Crippen LogP contribution in [0.1, 0.15) is 22.3 Å². The smallest absolute Gasteiger partial charge is 0.250 e. The summed E-state index contributed by atoms with van der Waals surface area (Å²) in [6.45, 7) is 6.38. The highest BCUT2D eigenvalue weighted by molar-refractivity contribution is 6.31. The van der Waals surface area contributed by atoms with Gasteiger partial charge in [0.15, 0.2) is 0 Å². The Hall–Kier alpha value is -3.11. The van der Waals surface area contributed by atoms with Gasteiger partial charge >= 0.3 is 0 Å². The maximum atomic E-state index is 10.1. The molecule has 1 fully saturated rings.